The molecule has 114 valence electrons. The third-order valence-electron chi connectivity index (χ3n) is 3.05. The van der Waals surface area contributed by atoms with Crippen molar-refractivity contribution < 1.29 is 4.74 Å². The van der Waals surface area contributed by atoms with Gasteiger partial charge in [0.1, 0.15) is 0 Å². The third-order valence-corrected chi connectivity index (χ3v) is 4.24. The number of ether oxygens (including phenoxy) is 1. The van der Waals surface area contributed by atoms with Crippen LogP contribution in [0.3, 0.4) is 0 Å². The van der Waals surface area contributed by atoms with Crippen LogP contribution in [0.1, 0.15) is 85.0 Å². The van der Waals surface area contributed by atoms with E-state index in [0.717, 1.165) is 13.0 Å². The number of hydrogen-bond acceptors (Lipinski definition) is 3. The smallest absolute Gasteiger partial charge is 0.220 e. The van der Waals surface area contributed by atoms with Crippen molar-refractivity contribution in [1.82, 2.24) is 0 Å². The van der Waals surface area contributed by atoms with E-state index in [1.54, 1.807) is 11.8 Å². The molecule has 3 heteroatoms. The molecule has 0 atom stereocenters. The number of rotatable bonds is 12. The van der Waals surface area contributed by atoms with E-state index in [-0.39, 0.29) is 0 Å². The normalized spacial score (nSPS) is 10.9. The number of thiocarbonyl (C=S) groups is 1. The Bertz CT molecular complexity index is 205. The molecule has 0 aliphatic heterocycles. The number of thioether (sulfide) groups is 1. The molecular formula is C16H32OS2. The summed E-state index contributed by atoms with van der Waals surface area (Å²) in [6, 6.07) is 0. The summed E-state index contributed by atoms with van der Waals surface area (Å²) in [5.41, 5.74) is 0. The summed E-state index contributed by atoms with van der Waals surface area (Å²) in [4.78, 5) is 0. The molecule has 0 N–H and O–H groups in total. The molecule has 0 saturated heterocycles. The third kappa shape index (κ3) is 16.2. The van der Waals surface area contributed by atoms with Crippen molar-refractivity contribution in [3.05, 3.63) is 0 Å². The van der Waals surface area contributed by atoms with Gasteiger partial charge in [-0.2, -0.15) is 0 Å². The maximum absolute atomic E-state index is 5.52. The summed E-state index contributed by atoms with van der Waals surface area (Å²) in [6.07, 6.45) is 13.6. The van der Waals surface area contributed by atoms with Gasteiger partial charge in [-0.15, -0.1) is 0 Å². The van der Waals surface area contributed by atoms with Crippen molar-refractivity contribution in [2.75, 3.05) is 6.61 Å². The molecule has 0 aliphatic rings. The van der Waals surface area contributed by atoms with Gasteiger partial charge in [-0.25, -0.2) is 0 Å². The van der Waals surface area contributed by atoms with E-state index in [9.17, 15) is 0 Å². The van der Waals surface area contributed by atoms with Crippen molar-refractivity contribution >= 4 is 28.4 Å². The summed E-state index contributed by atoms with van der Waals surface area (Å²) < 4.78 is 6.23. The molecule has 0 bridgehead atoms. The van der Waals surface area contributed by atoms with Crippen molar-refractivity contribution in [2.45, 2.75) is 90.2 Å². The van der Waals surface area contributed by atoms with Crippen LogP contribution in [0.2, 0.25) is 0 Å². The van der Waals surface area contributed by atoms with E-state index in [1.165, 1.54) is 57.8 Å². The second kappa shape index (κ2) is 14.6. The zero-order valence-electron chi connectivity index (χ0n) is 13.1. The van der Waals surface area contributed by atoms with E-state index >= 15 is 0 Å². The van der Waals surface area contributed by atoms with E-state index < -0.39 is 0 Å². The predicted molar refractivity (Wildman–Crippen MR) is 93.1 cm³/mol. The van der Waals surface area contributed by atoms with Gasteiger partial charge in [-0.3, -0.25) is 0 Å². The first-order valence-electron chi connectivity index (χ1n) is 8.00. The molecule has 19 heavy (non-hydrogen) atoms. The van der Waals surface area contributed by atoms with Gasteiger partial charge in [0.2, 0.25) is 4.38 Å². The molecule has 0 aliphatic carbocycles. The van der Waals surface area contributed by atoms with Crippen LogP contribution in [0, 0.1) is 0 Å². The minimum Gasteiger partial charge on any atom is -0.479 e. The lowest BCUT2D eigenvalue weighted by molar-refractivity contribution is 0.307. The maximum Gasteiger partial charge on any atom is 0.220 e. The monoisotopic (exact) mass is 304 g/mol. The van der Waals surface area contributed by atoms with Gasteiger partial charge < -0.3 is 4.74 Å². The Labute approximate surface area is 130 Å². The molecule has 0 unspecified atom stereocenters. The Morgan fingerprint density at radius 2 is 1.37 bits per heavy atom. The molecule has 0 saturated carbocycles. The van der Waals surface area contributed by atoms with Crippen LogP contribution in [0.15, 0.2) is 0 Å². The molecule has 0 amide bonds. The standard InChI is InChI=1S/C16H32OS2/c1-4-5-6-7-8-9-10-11-12-13-14-17-16(18)19-15(2)3/h15H,4-14H2,1-3H3. The van der Waals surface area contributed by atoms with Crippen molar-refractivity contribution in [3.8, 4) is 0 Å². The Hall–Kier alpha value is 0.240. The summed E-state index contributed by atoms with van der Waals surface area (Å²) >= 11 is 6.79. The average molecular weight is 305 g/mol. The number of unbranched alkanes of at least 4 members (excludes halogenated alkanes) is 9. The van der Waals surface area contributed by atoms with E-state index in [1.807, 2.05) is 0 Å². The average Bonchev–Trinajstić information content (AvgIpc) is 2.35. The quantitative estimate of drug-likeness (QED) is 0.307. The lowest BCUT2D eigenvalue weighted by Crippen LogP contribution is -2.02. The minimum atomic E-state index is 0.528. The lowest BCUT2D eigenvalue weighted by atomic mass is 10.1. The van der Waals surface area contributed by atoms with Crippen LogP contribution >= 0.6 is 24.0 Å². The summed E-state index contributed by atoms with van der Waals surface area (Å²) in [7, 11) is 0. The molecule has 0 aromatic rings. The second-order valence-electron chi connectivity index (χ2n) is 5.45. The van der Waals surface area contributed by atoms with Gasteiger partial charge in [-0.1, -0.05) is 90.3 Å². The van der Waals surface area contributed by atoms with Crippen LogP contribution in [0.5, 0.6) is 0 Å². The highest BCUT2D eigenvalue weighted by atomic mass is 32.2. The Morgan fingerprint density at radius 3 is 1.84 bits per heavy atom. The van der Waals surface area contributed by atoms with Gasteiger partial charge in [0.25, 0.3) is 0 Å². The Morgan fingerprint density at radius 1 is 0.895 bits per heavy atom. The maximum atomic E-state index is 5.52. The second-order valence-corrected chi connectivity index (χ2v) is 7.63. The van der Waals surface area contributed by atoms with E-state index in [4.69, 9.17) is 17.0 Å². The summed E-state index contributed by atoms with van der Waals surface area (Å²) in [6.45, 7) is 7.35. The van der Waals surface area contributed by atoms with Crippen LogP contribution < -0.4 is 0 Å². The van der Waals surface area contributed by atoms with Gasteiger partial charge in [0, 0.05) is 5.25 Å². The Balaban J connectivity index is 3.08. The van der Waals surface area contributed by atoms with Gasteiger partial charge in [0.15, 0.2) is 0 Å². The highest BCUT2D eigenvalue weighted by Gasteiger charge is 2.01. The largest absolute Gasteiger partial charge is 0.479 e. The highest BCUT2D eigenvalue weighted by Crippen LogP contribution is 2.14. The van der Waals surface area contributed by atoms with Gasteiger partial charge in [-0.05, 0) is 18.6 Å². The van der Waals surface area contributed by atoms with Crippen molar-refractivity contribution in [3.63, 3.8) is 0 Å². The minimum absolute atomic E-state index is 0.528. The van der Waals surface area contributed by atoms with Gasteiger partial charge in [0.05, 0.1) is 6.61 Å². The van der Waals surface area contributed by atoms with E-state index in [2.05, 4.69) is 20.8 Å². The van der Waals surface area contributed by atoms with Gasteiger partial charge >= 0.3 is 0 Å². The molecule has 0 aromatic heterocycles. The summed E-state index contributed by atoms with van der Waals surface area (Å²) in [5, 5.41) is 0.528. The topological polar surface area (TPSA) is 9.23 Å². The van der Waals surface area contributed by atoms with Crippen molar-refractivity contribution in [2.24, 2.45) is 0 Å². The zero-order chi connectivity index (χ0) is 14.3. The van der Waals surface area contributed by atoms with Crippen molar-refractivity contribution in [1.29, 1.82) is 0 Å². The lowest BCUT2D eigenvalue weighted by Gasteiger charge is -2.08. The predicted octanol–water partition coefficient (Wildman–Crippen LogP) is 6.35. The molecular weight excluding hydrogens is 272 g/mol. The molecule has 0 aromatic carbocycles. The van der Waals surface area contributed by atoms with Crippen LogP contribution in [0.4, 0.5) is 0 Å². The van der Waals surface area contributed by atoms with Crippen LogP contribution in [-0.2, 0) is 4.74 Å². The molecule has 0 spiro atoms. The SMILES string of the molecule is CCCCCCCCCCCCOC(=S)SC(C)C. The molecule has 0 fully saturated rings. The molecule has 1 nitrogen and oxygen atoms in total. The first kappa shape index (κ1) is 19.2. The highest BCUT2D eigenvalue weighted by molar-refractivity contribution is 8.22. The molecule has 0 rings (SSSR count). The molecule has 0 radical (unpaired) electrons. The van der Waals surface area contributed by atoms with Crippen LogP contribution in [0.25, 0.3) is 0 Å². The first-order valence-corrected chi connectivity index (χ1v) is 9.29. The zero-order valence-corrected chi connectivity index (χ0v) is 14.7. The Kier molecular flexibility index (Phi) is 14.8. The van der Waals surface area contributed by atoms with E-state index in [0.29, 0.717) is 9.63 Å². The fraction of sp³-hybridized carbons (Fsp3) is 0.938. The molecule has 0 heterocycles. The fourth-order valence-electron chi connectivity index (χ4n) is 1.97. The number of hydrogen-bond donors (Lipinski definition) is 0. The summed E-state index contributed by atoms with van der Waals surface area (Å²) in [5.74, 6) is 0. The fourth-order valence-corrected chi connectivity index (χ4v) is 3.17. The first-order chi connectivity index (χ1) is 9.16. The van der Waals surface area contributed by atoms with Crippen LogP contribution in [-0.4, -0.2) is 16.2 Å².